The summed E-state index contributed by atoms with van der Waals surface area (Å²) < 4.78 is 10.8. The number of ether oxygens (including phenoxy) is 2. The molecule has 2 aliphatic rings. The first-order chi connectivity index (χ1) is 11.3. The van der Waals surface area contributed by atoms with Gasteiger partial charge in [0, 0.05) is 32.4 Å². The van der Waals surface area contributed by atoms with Gasteiger partial charge in [-0.2, -0.15) is 5.26 Å². The van der Waals surface area contributed by atoms with Gasteiger partial charge in [-0.3, -0.25) is 4.79 Å². The van der Waals surface area contributed by atoms with Crippen molar-refractivity contribution in [3.63, 3.8) is 0 Å². The van der Waals surface area contributed by atoms with E-state index < -0.39 is 6.10 Å². The van der Waals surface area contributed by atoms with Crippen LogP contribution in [-0.4, -0.2) is 67.9 Å². The smallest absolute Gasteiger partial charge is 0.254 e. The molecule has 1 atom stereocenters. The monoisotopic (exact) mass is 316 g/mol. The van der Waals surface area contributed by atoms with Crippen molar-refractivity contribution >= 4 is 11.7 Å². The molecule has 1 amide bonds. The Kier molecular flexibility index (Phi) is 5.05. The van der Waals surface area contributed by atoms with Gasteiger partial charge in [-0.05, 0) is 18.6 Å². The van der Waals surface area contributed by atoms with E-state index in [-0.39, 0.29) is 5.91 Å². The highest BCUT2D eigenvalue weighted by Gasteiger charge is 2.29. The molecule has 0 aromatic carbocycles. The van der Waals surface area contributed by atoms with Gasteiger partial charge in [0.1, 0.15) is 11.9 Å². The predicted molar refractivity (Wildman–Crippen MR) is 82.9 cm³/mol. The normalized spacial score (nSPS) is 22.3. The van der Waals surface area contributed by atoms with Gasteiger partial charge in [0.2, 0.25) is 0 Å². The average Bonchev–Trinajstić information content (AvgIpc) is 2.88. The van der Waals surface area contributed by atoms with Crippen molar-refractivity contribution in [2.24, 2.45) is 0 Å². The molecule has 2 saturated heterocycles. The lowest BCUT2D eigenvalue weighted by atomic mass is 10.2. The molecule has 0 saturated carbocycles. The summed E-state index contributed by atoms with van der Waals surface area (Å²) >= 11 is 0. The molecule has 0 N–H and O–H groups in total. The number of carbonyl (C=O) groups excluding carboxylic acids is 1. The Morgan fingerprint density at radius 3 is 3.00 bits per heavy atom. The van der Waals surface area contributed by atoms with E-state index >= 15 is 0 Å². The zero-order valence-electron chi connectivity index (χ0n) is 13.0. The van der Waals surface area contributed by atoms with E-state index in [9.17, 15) is 10.1 Å². The highest BCUT2D eigenvalue weighted by molar-refractivity contribution is 5.81. The van der Waals surface area contributed by atoms with Crippen LogP contribution in [0.15, 0.2) is 18.3 Å². The molecule has 2 aliphatic heterocycles. The topological polar surface area (TPSA) is 78.7 Å². The van der Waals surface area contributed by atoms with Crippen LogP contribution in [0.2, 0.25) is 0 Å². The molecule has 23 heavy (non-hydrogen) atoms. The minimum absolute atomic E-state index is 0.00641. The third-order valence-electron chi connectivity index (χ3n) is 4.11. The van der Waals surface area contributed by atoms with Gasteiger partial charge in [0.15, 0.2) is 6.10 Å². The number of anilines is 1. The van der Waals surface area contributed by atoms with Crippen molar-refractivity contribution in [1.29, 1.82) is 5.26 Å². The van der Waals surface area contributed by atoms with Crippen LogP contribution in [0.1, 0.15) is 12.0 Å². The number of nitriles is 1. The maximum Gasteiger partial charge on any atom is 0.254 e. The van der Waals surface area contributed by atoms with E-state index in [0.29, 0.717) is 50.8 Å². The van der Waals surface area contributed by atoms with Gasteiger partial charge in [0.05, 0.1) is 25.4 Å². The fourth-order valence-electron chi connectivity index (χ4n) is 2.92. The standard InChI is InChI=1S/C16H20N4O3/c17-11-13-3-1-4-18-15(13)19-5-2-6-20(8-7-19)16(21)14-12-22-9-10-23-14/h1,3-4,14H,2,5-10,12H2/t14-/m1/s1. The molecule has 1 aromatic rings. The summed E-state index contributed by atoms with van der Waals surface area (Å²) in [5.41, 5.74) is 0.566. The van der Waals surface area contributed by atoms with E-state index in [2.05, 4.69) is 16.0 Å². The molecule has 122 valence electrons. The second kappa shape index (κ2) is 7.40. The van der Waals surface area contributed by atoms with Gasteiger partial charge < -0.3 is 19.3 Å². The lowest BCUT2D eigenvalue weighted by molar-refractivity contribution is -0.157. The highest BCUT2D eigenvalue weighted by atomic mass is 16.6. The lowest BCUT2D eigenvalue weighted by Crippen LogP contribution is -2.46. The van der Waals surface area contributed by atoms with Crippen molar-refractivity contribution in [2.75, 3.05) is 50.9 Å². The van der Waals surface area contributed by atoms with E-state index in [1.54, 1.807) is 18.3 Å². The number of aromatic nitrogens is 1. The van der Waals surface area contributed by atoms with Gasteiger partial charge >= 0.3 is 0 Å². The van der Waals surface area contributed by atoms with Crippen molar-refractivity contribution in [3.05, 3.63) is 23.9 Å². The number of hydrogen-bond donors (Lipinski definition) is 0. The quantitative estimate of drug-likeness (QED) is 0.786. The first-order valence-electron chi connectivity index (χ1n) is 7.88. The molecular weight excluding hydrogens is 296 g/mol. The fraction of sp³-hybridized carbons (Fsp3) is 0.562. The average molecular weight is 316 g/mol. The maximum absolute atomic E-state index is 12.5. The number of hydrogen-bond acceptors (Lipinski definition) is 6. The van der Waals surface area contributed by atoms with Gasteiger partial charge in [-0.15, -0.1) is 0 Å². The zero-order chi connectivity index (χ0) is 16.1. The van der Waals surface area contributed by atoms with E-state index in [1.165, 1.54) is 0 Å². The number of pyridine rings is 1. The van der Waals surface area contributed by atoms with Gasteiger partial charge in [-0.25, -0.2) is 4.98 Å². The van der Waals surface area contributed by atoms with Crippen LogP contribution in [0.4, 0.5) is 5.82 Å². The summed E-state index contributed by atoms with van der Waals surface area (Å²) in [4.78, 5) is 20.7. The molecule has 7 nitrogen and oxygen atoms in total. The van der Waals surface area contributed by atoms with Crippen molar-refractivity contribution < 1.29 is 14.3 Å². The summed E-state index contributed by atoms with van der Waals surface area (Å²) in [6.07, 6.45) is 2.04. The Morgan fingerprint density at radius 2 is 2.22 bits per heavy atom. The van der Waals surface area contributed by atoms with Crippen LogP contribution in [-0.2, 0) is 14.3 Å². The summed E-state index contributed by atoms with van der Waals surface area (Å²) in [6, 6.07) is 5.70. The molecule has 1 aromatic heterocycles. The number of nitrogens with zero attached hydrogens (tertiary/aromatic N) is 4. The number of rotatable bonds is 2. The second-order valence-electron chi connectivity index (χ2n) is 5.59. The first kappa shape index (κ1) is 15.7. The van der Waals surface area contributed by atoms with Crippen LogP contribution < -0.4 is 4.90 Å². The Balaban J connectivity index is 1.65. The molecule has 0 spiro atoms. The molecule has 0 aliphatic carbocycles. The Bertz CT molecular complexity index is 595. The first-order valence-corrected chi connectivity index (χ1v) is 7.88. The van der Waals surface area contributed by atoms with Crippen LogP contribution in [0.3, 0.4) is 0 Å². The number of carbonyl (C=O) groups is 1. The van der Waals surface area contributed by atoms with Gasteiger partial charge in [-0.1, -0.05) is 0 Å². The summed E-state index contributed by atoms with van der Waals surface area (Å²) in [6.45, 7) is 4.06. The van der Waals surface area contributed by atoms with Crippen molar-refractivity contribution in [3.8, 4) is 6.07 Å². The summed E-state index contributed by atoms with van der Waals surface area (Å²) in [7, 11) is 0. The van der Waals surface area contributed by atoms with E-state index in [1.807, 2.05) is 4.90 Å². The SMILES string of the molecule is N#Cc1cccnc1N1CCCN(C(=O)[C@H]2COCCO2)CC1. The Hall–Kier alpha value is -2.17. The second-order valence-corrected chi connectivity index (χ2v) is 5.59. The third-order valence-corrected chi connectivity index (χ3v) is 4.11. The van der Waals surface area contributed by atoms with E-state index in [0.717, 1.165) is 13.0 Å². The predicted octanol–water partition coefficient (Wildman–Crippen LogP) is 0.407. The molecule has 3 rings (SSSR count). The lowest BCUT2D eigenvalue weighted by Gasteiger charge is -2.28. The van der Waals surface area contributed by atoms with Crippen LogP contribution in [0, 0.1) is 11.3 Å². The zero-order valence-corrected chi connectivity index (χ0v) is 13.0. The molecule has 7 heteroatoms. The Labute approximate surface area is 135 Å². The van der Waals surface area contributed by atoms with Crippen molar-refractivity contribution in [1.82, 2.24) is 9.88 Å². The van der Waals surface area contributed by atoms with Crippen LogP contribution in [0.5, 0.6) is 0 Å². The molecule has 0 bridgehead atoms. The summed E-state index contributed by atoms with van der Waals surface area (Å²) in [5, 5.41) is 9.22. The van der Waals surface area contributed by atoms with Crippen molar-refractivity contribution in [2.45, 2.75) is 12.5 Å². The minimum Gasteiger partial charge on any atom is -0.376 e. The number of amides is 1. The third kappa shape index (κ3) is 3.60. The molecular formula is C16H20N4O3. The molecule has 2 fully saturated rings. The largest absolute Gasteiger partial charge is 0.376 e. The minimum atomic E-state index is -0.486. The Morgan fingerprint density at radius 1 is 1.30 bits per heavy atom. The molecule has 3 heterocycles. The van der Waals surface area contributed by atoms with E-state index in [4.69, 9.17) is 9.47 Å². The molecule has 0 unspecified atom stereocenters. The molecule has 0 radical (unpaired) electrons. The fourth-order valence-corrected chi connectivity index (χ4v) is 2.92. The highest BCUT2D eigenvalue weighted by Crippen LogP contribution is 2.18. The van der Waals surface area contributed by atoms with Gasteiger partial charge in [0.25, 0.3) is 5.91 Å². The summed E-state index contributed by atoms with van der Waals surface area (Å²) in [5.74, 6) is 0.689. The van der Waals surface area contributed by atoms with Crippen LogP contribution >= 0.6 is 0 Å². The van der Waals surface area contributed by atoms with Crippen LogP contribution in [0.25, 0.3) is 0 Å². The maximum atomic E-state index is 12.5.